The standard InChI is InChI=1S/C12H20N4O.ClH/c1-8-7-16(10(3)6-13-8)12(17)11-5-9(2)15(4)14-11;/h5,8,10,13H,6-7H2,1-4H3;1H. The van der Waals surface area contributed by atoms with Crippen LogP contribution in [0, 0.1) is 6.92 Å². The van der Waals surface area contributed by atoms with Gasteiger partial charge in [0.1, 0.15) is 0 Å². The molecule has 18 heavy (non-hydrogen) atoms. The minimum absolute atomic E-state index is 0. The molecule has 2 rings (SSSR count). The van der Waals surface area contributed by atoms with Gasteiger partial charge in [0.05, 0.1) is 0 Å². The molecule has 0 radical (unpaired) electrons. The Morgan fingerprint density at radius 3 is 2.72 bits per heavy atom. The molecule has 1 fully saturated rings. The normalized spacial score (nSPS) is 23.7. The smallest absolute Gasteiger partial charge is 0.274 e. The van der Waals surface area contributed by atoms with E-state index in [-0.39, 0.29) is 24.4 Å². The van der Waals surface area contributed by atoms with Crippen molar-refractivity contribution in [2.24, 2.45) is 7.05 Å². The first-order valence-corrected chi connectivity index (χ1v) is 6.04. The Bertz CT molecular complexity index is 412. The molecule has 0 saturated carbocycles. The summed E-state index contributed by atoms with van der Waals surface area (Å²) in [6.07, 6.45) is 0. The number of nitrogens with one attached hydrogen (secondary N) is 1. The molecule has 1 amide bonds. The third kappa shape index (κ3) is 2.84. The maximum absolute atomic E-state index is 12.3. The Balaban J connectivity index is 0.00000162. The molecular formula is C12H21ClN4O. The van der Waals surface area contributed by atoms with Crippen LogP contribution in [0.25, 0.3) is 0 Å². The van der Waals surface area contributed by atoms with E-state index in [0.29, 0.717) is 11.7 Å². The average Bonchev–Trinajstić information content (AvgIpc) is 2.62. The van der Waals surface area contributed by atoms with Gasteiger partial charge in [-0.2, -0.15) is 5.10 Å². The number of halogens is 1. The number of carbonyl (C=O) groups excluding carboxylic acids is 1. The van der Waals surface area contributed by atoms with Crippen LogP contribution in [-0.4, -0.2) is 45.8 Å². The SMILES string of the molecule is Cc1cc(C(=O)N2CC(C)NCC2C)nn1C.Cl. The van der Waals surface area contributed by atoms with Gasteiger partial charge in [-0.3, -0.25) is 9.48 Å². The van der Waals surface area contributed by atoms with Crippen molar-refractivity contribution in [3.8, 4) is 0 Å². The third-order valence-corrected chi connectivity index (χ3v) is 3.36. The van der Waals surface area contributed by atoms with Crippen molar-refractivity contribution < 1.29 is 4.79 Å². The molecule has 1 aromatic rings. The molecule has 2 heterocycles. The number of rotatable bonds is 1. The summed E-state index contributed by atoms with van der Waals surface area (Å²) in [5, 5.41) is 7.61. The molecule has 102 valence electrons. The maximum atomic E-state index is 12.3. The summed E-state index contributed by atoms with van der Waals surface area (Å²) in [5.41, 5.74) is 1.55. The zero-order valence-electron chi connectivity index (χ0n) is 11.3. The van der Waals surface area contributed by atoms with Crippen molar-refractivity contribution in [3.63, 3.8) is 0 Å². The van der Waals surface area contributed by atoms with Crippen molar-refractivity contribution in [3.05, 3.63) is 17.5 Å². The molecule has 1 aromatic heterocycles. The zero-order chi connectivity index (χ0) is 12.6. The second kappa shape index (κ2) is 5.71. The number of aromatic nitrogens is 2. The van der Waals surface area contributed by atoms with Gasteiger partial charge in [-0.15, -0.1) is 12.4 Å². The second-order valence-electron chi connectivity index (χ2n) is 4.91. The van der Waals surface area contributed by atoms with Crippen molar-refractivity contribution >= 4 is 18.3 Å². The van der Waals surface area contributed by atoms with E-state index in [0.717, 1.165) is 18.8 Å². The van der Waals surface area contributed by atoms with Gasteiger partial charge in [-0.25, -0.2) is 0 Å². The molecule has 0 spiro atoms. The van der Waals surface area contributed by atoms with Crippen LogP contribution in [0.2, 0.25) is 0 Å². The Hall–Kier alpha value is -1.07. The van der Waals surface area contributed by atoms with Crippen LogP contribution in [-0.2, 0) is 7.05 Å². The number of hydrogen-bond acceptors (Lipinski definition) is 3. The van der Waals surface area contributed by atoms with E-state index in [1.54, 1.807) is 4.68 Å². The van der Waals surface area contributed by atoms with Crippen LogP contribution in [0.5, 0.6) is 0 Å². The van der Waals surface area contributed by atoms with Gasteiger partial charge in [-0.1, -0.05) is 0 Å². The molecule has 1 saturated heterocycles. The van der Waals surface area contributed by atoms with Crippen LogP contribution in [0.1, 0.15) is 30.0 Å². The van der Waals surface area contributed by atoms with Crippen LogP contribution in [0.4, 0.5) is 0 Å². The molecule has 0 aliphatic carbocycles. The molecule has 1 aliphatic rings. The fraction of sp³-hybridized carbons (Fsp3) is 0.667. The van der Waals surface area contributed by atoms with Gasteiger partial charge >= 0.3 is 0 Å². The van der Waals surface area contributed by atoms with Gasteiger partial charge in [-0.05, 0) is 26.8 Å². The second-order valence-corrected chi connectivity index (χ2v) is 4.91. The lowest BCUT2D eigenvalue weighted by Gasteiger charge is -2.37. The number of piperazine rings is 1. The third-order valence-electron chi connectivity index (χ3n) is 3.36. The van der Waals surface area contributed by atoms with E-state index >= 15 is 0 Å². The van der Waals surface area contributed by atoms with Crippen molar-refractivity contribution in [1.82, 2.24) is 20.0 Å². The summed E-state index contributed by atoms with van der Waals surface area (Å²) in [6, 6.07) is 2.42. The first-order valence-electron chi connectivity index (χ1n) is 6.04. The van der Waals surface area contributed by atoms with Crippen LogP contribution >= 0.6 is 12.4 Å². The molecular weight excluding hydrogens is 252 g/mol. The summed E-state index contributed by atoms with van der Waals surface area (Å²) in [4.78, 5) is 14.2. The number of carbonyl (C=O) groups is 1. The van der Waals surface area contributed by atoms with Crippen molar-refractivity contribution in [2.75, 3.05) is 13.1 Å². The highest BCUT2D eigenvalue weighted by molar-refractivity contribution is 5.92. The van der Waals surface area contributed by atoms with E-state index in [1.165, 1.54) is 0 Å². The number of amides is 1. The van der Waals surface area contributed by atoms with Crippen molar-refractivity contribution in [1.29, 1.82) is 0 Å². The lowest BCUT2D eigenvalue weighted by atomic mass is 10.1. The predicted octanol–water partition coefficient (Wildman–Crippen LogP) is 0.973. The van der Waals surface area contributed by atoms with Gasteiger partial charge < -0.3 is 10.2 Å². The van der Waals surface area contributed by atoms with Crippen LogP contribution in [0.3, 0.4) is 0 Å². The fourth-order valence-electron chi connectivity index (χ4n) is 2.12. The molecule has 0 bridgehead atoms. The van der Waals surface area contributed by atoms with Crippen LogP contribution in [0.15, 0.2) is 6.07 Å². The van der Waals surface area contributed by atoms with Crippen LogP contribution < -0.4 is 5.32 Å². The summed E-state index contributed by atoms with van der Waals surface area (Å²) in [7, 11) is 1.86. The number of nitrogens with zero attached hydrogens (tertiary/aromatic N) is 3. The van der Waals surface area contributed by atoms with E-state index < -0.39 is 0 Å². The van der Waals surface area contributed by atoms with E-state index in [1.807, 2.05) is 24.9 Å². The highest BCUT2D eigenvalue weighted by Crippen LogP contribution is 2.12. The minimum atomic E-state index is 0. The Labute approximate surface area is 114 Å². The summed E-state index contributed by atoms with van der Waals surface area (Å²) in [6.45, 7) is 7.70. The molecule has 5 nitrogen and oxygen atoms in total. The molecule has 0 aromatic carbocycles. The molecule has 2 atom stereocenters. The molecule has 1 N–H and O–H groups in total. The Morgan fingerprint density at radius 2 is 2.17 bits per heavy atom. The quantitative estimate of drug-likeness (QED) is 0.829. The molecule has 1 aliphatic heterocycles. The average molecular weight is 273 g/mol. The summed E-state index contributed by atoms with van der Waals surface area (Å²) < 4.78 is 1.74. The molecule has 2 unspecified atom stereocenters. The zero-order valence-corrected chi connectivity index (χ0v) is 12.1. The Morgan fingerprint density at radius 1 is 1.50 bits per heavy atom. The monoisotopic (exact) mass is 272 g/mol. The van der Waals surface area contributed by atoms with E-state index in [2.05, 4.69) is 24.3 Å². The van der Waals surface area contributed by atoms with E-state index in [4.69, 9.17) is 0 Å². The summed E-state index contributed by atoms with van der Waals surface area (Å²) in [5.74, 6) is 0.0366. The van der Waals surface area contributed by atoms with E-state index in [9.17, 15) is 4.79 Å². The predicted molar refractivity (Wildman–Crippen MR) is 73.2 cm³/mol. The van der Waals surface area contributed by atoms with Gasteiger partial charge in [0.25, 0.3) is 5.91 Å². The highest BCUT2D eigenvalue weighted by atomic mass is 35.5. The van der Waals surface area contributed by atoms with Crippen molar-refractivity contribution in [2.45, 2.75) is 32.9 Å². The number of hydrogen-bond donors (Lipinski definition) is 1. The highest BCUT2D eigenvalue weighted by Gasteiger charge is 2.28. The summed E-state index contributed by atoms with van der Waals surface area (Å²) >= 11 is 0. The maximum Gasteiger partial charge on any atom is 0.274 e. The van der Waals surface area contributed by atoms with Gasteiger partial charge in [0, 0.05) is 37.9 Å². The van der Waals surface area contributed by atoms with Gasteiger partial charge in [0.15, 0.2) is 5.69 Å². The lowest BCUT2D eigenvalue weighted by molar-refractivity contribution is 0.0609. The first kappa shape index (κ1) is 15.0. The minimum Gasteiger partial charge on any atom is -0.332 e. The topological polar surface area (TPSA) is 50.2 Å². The number of aryl methyl sites for hydroxylation is 2. The fourth-order valence-corrected chi connectivity index (χ4v) is 2.12. The first-order chi connectivity index (χ1) is 7.99. The van der Waals surface area contributed by atoms with Gasteiger partial charge in [0.2, 0.25) is 0 Å². The largest absolute Gasteiger partial charge is 0.332 e. The Kier molecular flexibility index (Phi) is 4.76. The lowest BCUT2D eigenvalue weighted by Crippen LogP contribution is -2.56. The molecule has 6 heteroatoms.